The number of hydrogen-bond donors (Lipinski definition) is 2. The molecule has 0 atom stereocenters. The highest BCUT2D eigenvalue weighted by molar-refractivity contribution is 6.08. The monoisotopic (exact) mass is 307 g/mol. The first kappa shape index (κ1) is 14.7. The molecular weight excluding hydrogens is 293 g/mol. The second kappa shape index (κ2) is 6.70. The number of benzene rings is 2. The van der Waals surface area contributed by atoms with Crippen LogP contribution in [0.2, 0.25) is 0 Å². The molecule has 2 N–H and O–H groups in total. The average molecular weight is 307 g/mol. The lowest BCUT2D eigenvalue weighted by atomic mass is 10.1. The molecule has 5 heteroatoms. The van der Waals surface area contributed by atoms with Crippen LogP contribution in [-0.2, 0) is 0 Å². The Morgan fingerprint density at radius 3 is 2.39 bits per heavy atom. The van der Waals surface area contributed by atoms with Gasteiger partial charge in [0.1, 0.15) is 11.6 Å². The quantitative estimate of drug-likeness (QED) is 0.759. The summed E-state index contributed by atoms with van der Waals surface area (Å²) >= 11 is 0. The molecule has 114 valence electrons. The third-order valence-electron chi connectivity index (χ3n) is 3.20. The summed E-state index contributed by atoms with van der Waals surface area (Å²) in [5, 5.41) is 5.86. The molecule has 2 aromatic carbocycles. The number of para-hydroxylation sites is 1. The van der Waals surface area contributed by atoms with Gasteiger partial charge in [0.25, 0.3) is 5.91 Å². The first-order valence-electron chi connectivity index (χ1n) is 7.06. The van der Waals surface area contributed by atoms with Gasteiger partial charge in [-0.15, -0.1) is 0 Å². The first-order valence-corrected chi connectivity index (χ1v) is 7.06. The third kappa shape index (κ3) is 3.71. The topological polar surface area (TPSA) is 54.0 Å². The molecule has 1 amide bonds. The van der Waals surface area contributed by atoms with E-state index in [-0.39, 0.29) is 11.7 Å². The Morgan fingerprint density at radius 1 is 0.913 bits per heavy atom. The summed E-state index contributed by atoms with van der Waals surface area (Å²) in [6.45, 7) is 0. The van der Waals surface area contributed by atoms with Crippen molar-refractivity contribution in [2.75, 3.05) is 10.6 Å². The van der Waals surface area contributed by atoms with Crippen molar-refractivity contribution in [2.45, 2.75) is 0 Å². The number of nitrogens with zero attached hydrogens (tertiary/aromatic N) is 1. The Kier molecular flexibility index (Phi) is 4.29. The van der Waals surface area contributed by atoms with E-state index < -0.39 is 0 Å². The van der Waals surface area contributed by atoms with Crippen molar-refractivity contribution >= 4 is 23.1 Å². The van der Waals surface area contributed by atoms with Crippen LogP contribution in [0.3, 0.4) is 0 Å². The summed E-state index contributed by atoms with van der Waals surface area (Å²) in [6, 6.07) is 18.3. The zero-order valence-corrected chi connectivity index (χ0v) is 12.2. The number of carbonyl (C=O) groups excluding carboxylic acids is 1. The van der Waals surface area contributed by atoms with Crippen LogP contribution in [-0.4, -0.2) is 10.9 Å². The van der Waals surface area contributed by atoms with E-state index in [9.17, 15) is 9.18 Å². The molecule has 0 aliphatic rings. The normalized spacial score (nSPS) is 10.1. The van der Waals surface area contributed by atoms with Crippen LogP contribution < -0.4 is 10.6 Å². The maximum Gasteiger partial charge on any atom is 0.258 e. The number of hydrogen-bond acceptors (Lipinski definition) is 3. The summed E-state index contributed by atoms with van der Waals surface area (Å²) in [5.74, 6) is -0.0975. The van der Waals surface area contributed by atoms with Crippen molar-refractivity contribution in [1.29, 1.82) is 0 Å². The van der Waals surface area contributed by atoms with E-state index in [2.05, 4.69) is 15.6 Å². The Balaban J connectivity index is 1.82. The van der Waals surface area contributed by atoms with E-state index in [1.54, 1.807) is 54.7 Å². The highest BCUT2D eigenvalue weighted by Crippen LogP contribution is 2.22. The predicted octanol–water partition coefficient (Wildman–Crippen LogP) is 4.22. The minimum Gasteiger partial charge on any atom is -0.355 e. The van der Waals surface area contributed by atoms with Gasteiger partial charge in [0, 0.05) is 11.9 Å². The van der Waals surface area contributed by atoms with E-state index in [1.807, 2.05) is 6.07 Å². The molecule has 0 saturated heterocycles. The molecule has 3 aromatic rings. The van der Waals surface area contributed by atoms with Gasteiger partial charge in [0.15, 0.2) is 0 Å². The summed E-state index contributed by atoms with van der Waals surface area (Å²) in [5.41, 5.74) is 1.81. The van der Waals surface area contributed by atoms with Crippen LogP contribution in [0.5, 0.6) is 0 Å². The zero-order valence-electron chi connectivity index (χ0n) is 12.2. The molecule has 0 unspecified atom stereocenters. The SMILES string of the molecule is O=C(Nc1ccccn1)c1ccccc1Nc1ccc(F)cc1. The summed E-state index contributed by atoms with van der Waals surface area (Å²) in [7, 11) is 0. The predicted molar refractivity (Wildman–Crippen MR) is 88.3 cm³/mol. The van der Waals surface area contributed by atoms with Crippen LogP contribution in [0.1, 0.15) is 10.4 Å². The average Bonchev–Trinajstić information content (AvgIpc) is 2.58. The van der Waals surface area contributed by atoms with Crippen molar-refractivity contribution in [3.8, 4) is 0 Å². The lowest BCUT2D eigenvalue weighted by Gasteiger charge is -2.12. The highest BCUT2D eigenvalue weighted by atomic mass is 19.1. The van der Waals surface area contributed by atoms with Gasteiger partial charge in [-0.3, -0.25) is 4.79 Å². The Morgan fingerprint density at radius 2 is 1.65 bits per heavy atom. The third-order valence-corrected chi connectivity index (χ3v) is 3.20. The summed E-state index contributed by atoms with van der Waals surface area (Å²) in [4.78, 5) is 16.5. The van der Waals surface area contributed by atoms with Crippen LogP contribution in [0.25, 0.3) is 0 Å². The molecule has 23 heavy (non-hydrogen) atoms. The second-order valence-electron chi connectivity index (χ2n) is 4.85. The van der Waals surface area contributed by atoms with Gasteiger partial charge in [-0.25, -0.2) is 9.37 Å². The van der Waals surface area contributed by atoms with Crippen molar-refractivity contribution in [1.82, 2.24) is 4.98 Å². The molecule has 0 aliphatic carbocycles. The highest BCUT2D eigenvalue weighted by Gasteiger charge is 2.11. The molecule has 1 heterocycles. The van der Waals surface area contributed by atoms with Crippen LogP contribution in [0.15, 0.2) is 72.9 Å². The zero-order chi connectivity index (χ0) is 16.1. The van der Waals surface area contributed by atoms with Crippen LogP contribution >= 0.6 is 0 Å². The van der Waals surface area contributed by atoms with Gasteiger partial charge in [-0.1, -0.05) is 18.2 Å². The maximum absolute atomic E-state index is 13.0. The summed E-state index contributed by atoms with van der Waals surface area (Å²) in [6.07, 6.45) is 1.61. The molecule has 0 aliphatic heterocycles. The Bertz CT molecular complexity index is 804. The molecule has 1 aromatic heterocycles. The lowest BCUT2D eigenvalue weighted by molar-refractivity contribution is 0.102. The minimum absolute atomic E-state index is 0.270. The van der Waals surface area contributed by atoms with Gasteiger partial charge in [0.05, 0.1) is 11.3 Å². The fourth-order valence-corrected chi connectivity index (χ4v) is 2.10. The van der Waals surface area contributed by atoms with Gasteiger partial charge >= 0.3 is 0 Å². The maximum atomic E-state index is 13.0. The van der Waals surface area contributed by atoms with Gasteiger partial charge in [0.2, 0.25) is 0 Å². The molecule has 0 radical (unpaired) electrons. The number of amides is 1. The Hall–Kier alpha value is -3.21. The van der Waals surface area contributed by atoms with E-state index in [0.717, 1.165) is 0 Å². The molecule has 3 rings (SSSR count). The number of halogens is 1. The fraction of sp³-hybridized carbons (Fsp3) is 0. The number of anilines is 3. The number of pyridine rings is 1. The van der Waals surface area contributed by atoms with Crippen LogP contribution in [0.4, 0.5) is 21.6 Å². The number of nitrogens with one attached hydrogen (secondary N) is 2. The smallest absolute Gasteiger partial charge is 0.258 e. The van der Waals surface area contributed by atoms with Crippen molar-refractivity contribution < 1.29 is 9.18 Å². The van der Waals surface area contributed by atoms with Crippen molar-refractivity contribution in [2.24, 2.45) is 0 Å². The van der Waals surface area contributed by atoms with E-state index in [4.69, 9.17) is 0 Å². The standard InChI is InChI=1S/C18H14FN3O/c19-13-8-10-14(11-9-13)21-16-6-2-1-5-15(16)18(23)22-17-7-3-4-12-20-17/h1-12,21H,(H,20,22,23). The molecule has 0 saturated carbocycles. The first-order chi connectivity index (χ1) is 11.2. The largest absolute Gasteiger partial charge is 0.355 e. The van der Waals surface area contributed by atoms with E-state index in [1.165, 1.54) is 12.1 Å². The molecular formula is C18H14FN3O. The molecule has 0 bridgehead atoms. The van der Waals surface area contributed by atoms with Crippen LogP contribution in [0, 0.1) is 5.82 Å². The van der Waals surface area contributed by atoms with Gasteiger partial charge < -0.3 is 10.6 Å². The fourth-order valence-electron chi connectivity index (χ4n) is 2.10. The number of carbonyl (C=O) groups is 1. The number of rotatable bonds is 4. The Labute approximate surface area is 133 Å². The van der Waals surface area contributed by atoms with Gasteiger partial charge in [-0.2, -0.15) is 0 Å². The minimum atomic E-state index is -0.309. The van der Waals surface area contributed by atoms with Crippen molar-refractivity contribution in [3.05, 3.63) is 84.3 Å². The molecule has 4 nitrogen and oxygen atoms in total. The van der Waals surface area contributed by atoms with Gasteiger partial charge in [-0.05, 0) is 48.5 Å². The molecule has 0 fully saturated rings. The molecule has 0 spiro atoms. The van der Waals surface area contributed by atoms with E-state index >= 15 is 0 Å². The lowest BCUT2D eigenvalue weighted by Crippen LogP contribution is -2.14. The second-order valence-corrected chi connectivity index (χ2v) is 4.85. The van der Waals surface area contributed by atoms with Crippen molar-refractivity contribution in [3.63, 3.8) is 0 Å². The summed E-state index contributed by atoms with van der Waals surface area (Å²) < 4.78 is 13.0. The van der Waals surface area contributed by atoms with E-state index in [0.29, 0.717) is 22.8 Å². The number of aromatic nitrogens is 1.